The van der Waals surface area contributed by atoms with Crippen LogP contribution < -0.4 is 9.47 Å². The third-order valence-corrected chi connectivity index (χ3v) is 5.07. The van der Waals surface area contributed by atoms with Gasteiger partial charge in [0, 0.05) is 5.56 Å². The van der Waals surface area contributed by atoms with E-state index < -0.39 is 0 Å². The zero-order chi connectivity index (χ0) is 20.7. The normalized spacial score (nSPS) is 14.9. The quantitative estimate of drug-likeness (QED) is 0.512. The largest absolute Gasteiger partial charge is 0.488 e. The number of benzene rings is 2. The number of nitriles is 1. The van der Waals surface area contributed by atoms with Gasteiger partial charge in [0.05, 0.1) is 41.1 Å². The Balaban J connectivity index is 1.25. The summed E-state index contributed by atoms with van der Waals surface area (Å²) >= 11 is 0. The lowest BCUT2D eigenvalue weighted by Gasteiger charge is -2.12. The lowest BCUT2D eigenvalue weighted by molar-refractivity contribution is 0.143. The van der Waals surface area contributed by atoms with Crippen LogP contribution >= 0.6 is 0 Å². The maximum atomic E-state index is 14.1. The number of pyridine rings is 1. The Morgan fingerprint density at radius 1 is 1.23 bits per heavy atom. The first-order valence-electron chi connectivity index (χ1n) is 9.53. The van der Waals surface area contributed by atoms with Gasteiger partial charge in [-0.2, -0.15) is 10.2 Å². The van der Waals surface area contributed by atoms with E-state index in [1.165, 1.54) is 6.07 Å². The number of ether oxygens (including phenoxy) is 2. The Morgan fingerprint density at radius 3 is 2.90 bits per heavy atom. The molecule has 2 aromatic heterocycles. The highest BCUT2D eigenvalue weighted by molar-refractivity contribution is 5.78. The van der Waals surface area contributed by atoms with Gasteiger partial charge in [-0.3, -0.25) is 9.55 Å². The van der Waals surface area contributed by atoms with Crippen LogP contribution in [0.5, 0.6) is 11.8 Å². The third kappa shape index (κ3) is 3.22. The molecule has 0 N–H and O–H groups in total. The number of fused-ring (bicyclic) bond motifs is 3. The van der Waals surface area contributed by atoms with E-state index >= 15 is 0 Å². The summed E-state index contributed by atoms with van der Waals surface area (Å²) in [5.41, 5.74) is 4.12. The smallest absolute Gasteiger partial charge is 0.297 e. The Labute approximate surface area is 172 Å². The van der Waals surface area contributed by atoms with E-state index in [0.29, 0.717) is 41.7 Å². The second-order valence-electron chi connectivity index (χ2n) is 7.23. The molecule has 1 aliphatic rings. The third-order valence-electron chi connectivity index (χ3n) is 5.07. The van der Waals surface area contributed by atoms with Crippen LogP contribution in [0.1, 0.15) is 11.1 Å². The fourth-order valence-electron chi connectivity index (χ4n) is 3.56. The van der Waals surface area contributed by atoms with Gasteiger partial charge in [-0.25, -0.2) is 4.39 Å². The van der Waals surface area contributed by atoms with Crippen LogP contribution in [-0.4, -0.2) is 27.2 Å². The van der Waals surface area contributed by atoms with Crippen LogP contribution in [-0.2, 0) is 6.54 Å². The van der Waals surface area contributed by atoms with E-state index in [-0.39, 0.29) is 11.9 Å². The standard InChI is InChI=1S/C23H17FN4O2/c1-14-2-5-18(19(24)8-14)20-6-4-16(11-26-20)29-13-17-12-28-22-7-3-15(10-25)9-21(22)27-23(28)30-17/h2-9,11,17H,12-13H2,1H3/t17-/m0/s1. The minimum absolute atomic E-state index is 0.179. The van der Waals surface area contributed by atoms with Gasteiger partial charge in [0.15, 0.2) is 6.10 Å². The summed E-state index contributed by atoms with van der Waals surface area (Å²) in [4.78, 5) is 8.77. The minimum atomic E-state index is -0.293. The molecule has 1 aliphatic heterocycles. The first kappa shape index (κ1) is 18.1. The lowest BCUT2D eigenvalue weighted by Crippen LogP contribution is -2.23. The van der Waals surface area contributed by atoms with Gasteiger partial charge in [0.2, 0.25) is 0 Å². The predicted molar refractivity (Wildman–Crippen MR) is 109 cm³/mol. The van der Waals surface area contributed by atoms with Crippen LogP contribution in [0.2, 0.25) is 0 Å². The molecule has 0 aliphatic carbocycles. The molecule has 7 heteroatoms. The number of imidazole rings is 1. The molecular weight excluding hydrogens is 383 g/mol. The fraction of sp³-hybridized carbons (Fsp3) is 0.174. The lowest BCUT2D eigenvalue weighted by atomic mass is 10.1. The molecular formula is C23H17FN4O2. The van der Waals surface area contributed by atoms with Gasteiger partial charge in [0.1, 0.15) is 18.2 Å². The molecule has 30 heavy (non-hydrogen) atoms. The van der Waals surface area contributed by atoms with Crippen molar-refractivity contribution in [1.29, 1.82) is 5.26 Å². The summed E-state index contributed by atoms with van der Waals surface area (Å²) in [6.07, 6.45) is 1.41. The van der Waals surface area contributed by atoms with Gasteiger partial charge >= 0.3 is 0 Å². The predicted octanol–water partition coefficient (Wildman–Crippen LogP) is 4.26. The monoisotopic (exact) mass is 400 g/mol. The van der Waals surface area contributed by atoms with Crippen molar-refractivity contribution in [2.24, 2.45) is 0 Å². The second-order valence-corrected chi connectivity index (χ2v) is 7.23. The van der Waals surface area contributed by atoms with Crippen LogP contribution in [0.15, 0.2) is 54.7 Å². The van der Waals surface area contributed by atoms with Gasteiger partial charge in [-0.1, -0.05) is 6.07 Å². The molecule has 0 saturated carbocycles. The van der Waals surface area contributed by atoms with Crippen LogP contribution in [0, 0.1) is 24.1 Å². The summed E-state index contributed by atoms with van der Waals surface area (Å²) in [5, 5.41) is 9.01. The van der Waals surface area contributed by atoms with Crippen molar-refractivity contribution in [2.75, 3.05) is 6.61 Å². The molecule has 0 bridgehead atoms. The Kier molecular flexibility index (Phi) is 4.32. The molecule has 0 radical (unpaired) electrons. The first-order chi connectivity index (χ1) is 14.6. The van der Waals surface area contributed by atoms with Crippen LogP contribution in [0.25, 0.3) is 22.3 Å². The minimum Gasteiger partial charge on any atom is -0.488 e. The van der Waals surface area contributed by atoms with Crippen LogP contribution in [0.3, 0.4) is 0 Å². The summed E-state index contributed by atoms with van der Waals surface area (Å²) in [5.74, 6) is 0.294. The maximum absolute atomic E-state index is 14.1. The van der Waals surface area contributed by atoms with Crippen molar-refractivity contribution in [3.63, 3.8) is 0 Å². The summed E-state index contributed by atoms with van der Waals surface area (Å²) in [7, 11) is 0. The molecule has 0 saturated heterocycles. The molecule has 0 unspecified atom stereocenters. The van der Waals surface area contributed by atoms with Crippen molar-refractivity contribution in [3.8, 4) is 29.1 Å². The Hall–Kier alpha value is -3.92. The molecule has 1 atom stereocenters. The Bertz CT molecular complexity index is 1290. The molecule has 3 heterocycles. The van der Waals surface area contributed by atoms with E-state index in [4.69, 9.17) is 14.7 Å². The van der Waals surface area contributed by atoms with Gasteiger partial charge in [0.25, 0.3) is 6.01 Å². The number of hydrogen-bond donors (Lipinski definition) is 0. The van der Waals surface area contributed by atoms with Crippen molar-refractivity contribution >= 4 is 11.0 Å². The molecule has 6 nitrogen and oxygen atoms in total. The van der Waals surface area contributed by atoms with Gasteiger partial charge in [-0.05, 0) is 55.0 Å². The summed E-state index contributed by atoms with van der Waals surface area (Å²) in [6, 6.07) is 16.6. The van der Waals surface area contributed by atoms with E-state index in [2.05, 4.69) is 16.0 Å². The zero-order valence-electron chi connectivity index (χ0n) is 16.2. The first-order valence-corrected chi connectivity index (χ1v) is 9.53. The highest BCUT2D eigenvalue weighted by Gasteiger charge is 2.27. The number of nitrogens with zero attached hydrogens (tertiary/aromatic N) is 4. The SMILES string of the molecule is Cc1ccc(-c2ccc(OC[C@@H]3Cn4c(nc5cc(C#N)ccc54)O3)cn2)c(F)c1. The van der Waals surface area contributed by atoms with Crippen molar-refractivity contribution < 1.29 is 13.9 Å². The number of halogens is 1. The topological polar surface area (TPSA) is 73.0 Å². The van der Waals surface area contributed by atoms with Crippen molar-refractivity contribution in [2.45, 2.75) is 19.6 Å². The van der Waals surface area contributed by atoms with E-state index in [9.17, 15) is 4.39 Å². The summed E-state index contributed by atoms with van der Waals surface area (Å²) in [6.45, 7) is 2.79. The Morgan fingerprint density at radius 2 is 2.13 bits per heavy atom. The number of hydrogen-bond acceptors (Lipinski definition) is 5. The molecule has 2 aromatic carbocycles. The average molecular weight is 400 g/mol. The highest BCUT2D eigenvalue weighted by Crippen LogP contribution is 2.29. The van der Waals surface area contributed by atoms with Crippen LogP contribution in [0.4, 0.5) is 4.39 Å². The van der Waals surface area contributed by atoms with Gasteiger partial charge < -0.3 is 9.47 Å². The molecule has 0 spiro atoms. The summed E-state index contributed by atoms with van der Waals surface area (Å²) < 4.78 is 27.8. The number of rotatable bonds is 4. The second kappa shape index (κ2) is 7.16. The van der Waals surface area contributed by atoms with Crippen molar-refractivity contribution in [3.05, 3.63) is 71.7 Å². The van der Waals surface area contributed by atoms with E-state index in [0.717, 1.165) is 16.6 Å². The van der Waals surface area contributed by atoms with E-state index in [1.54, 1.807) is 36.5 Å². The molecule has 0 fully saturated rings. The molecule has 148 valence electrons. The van der Waals surface area contributed by atoms with Gasteiger partial charge in [-0.15, -0.1) is 0 Å². The molecule has 0 amide bonds. The van der Waals surface area contributed by atoms with E-state index in [1.807, 2.05) is 23.6 Å². The molecule has 4 aromatic rings. The maximum Gasteiger partial charge on any atom is 0.297 e. The molecule has 5 rings (SSSR count). The fourth-order valence-corrected chi connectivity index (χ4v) is 3.56. The van der Waals surface area contributed by atoms with Crippen molar-refractivity contribution in [1.82, 2.24) is 14.5 Å². The average Bonchev–Trinajstić information content (AvgIpc) is 3.29. The zero-order valence-corrected chi connectivity index (χ0v) is 16.2. The number of aromatic nitrogens is 3. The highest BCUT2D eigenvalue weighted by atomic mass is 19.1. The number of aryl methyl sites for hydroxylation is 1.